The molecule has 0 radical (unpaired) electrons. The quantitative estimate of drug-likeness (QED) is 0.825. The van der Waals surface area contributed by atoms with E-state index in [0.29, 0.717) is 30.5 Å². The fourth-order valence-corrected chi connectivity index (χ4v) is 1.43. The second-order valence-electron chi connectivity index (χ2n) is 3.18. The average Bonchev–Trinajstić information content (AvgIpc) is 2.29. The zero-order valence-electron chi connectivity index (χ0n) is 10.1. The maximum absolute atomic E-state index is 11.0. The molecule has 0 bridgehead atoms. The molecule has 1 N–H and O–H groups in total. The summed E-state index contributed by atoms with van der Waals surface area (Å²) in [7, 11) is 1.49. The van der Waals surface area contributed by atoms with E-state index in [-0.39, 0.29) is 5.56 Å². The largest absolute Gasteiger partial charge is 0.490 e. The summed E-state index contributed by atoms with van der Waals surface area (Å²) in [6.07, 6.45) is 0. The van der Waals surface area contributed by atoms with Gasteiger partial charge in [-0.3, -0.25) is 0 Å². The van der Waals surface area contributed by atoms with Crippen LogP contribution in [0.25, 0.3) is 0 Å². The fraction of sp³-hybridized carbons (Fsp3) is 0.417. The molecule has 0 unspecified atom stereocenters. The molecule has 0 saturated carbocycles. The number of carboxylic acid groups (broad SMARTS) is 1. The van der Waals surface area contributed by atoms with Crippen LogP contribution in [0.2, 0.25) is 0 Å². The van der Waals surface area contributed by atoms with E-state index < -0.39 is 5.97 Å². The van der Waals surface area contributed by atoms with Crippen LogP contribution in [0.15, 0.2) is 12.1 Å². The van der Waals surface area contributed by atoms with Gasteiger partial charge in [-0.1, -0.05) is 0 Å². The van der Waals surface area contributed by atoms with E-state index >= 15 is 0 Å². The summed E-state index contributed by atoms with van der Waals surface area (Å²) in [5.41, 5.74) is 0.109. The first-order valence-corrected chi connectivity index (χ1v) is 5.34. The Labute approximate surface area is 99.9 Å². The topological polar surface area (TPSA) is 65.0 Å². The van der Waals surface area contributed by atoms with Gasteiger partial charge in [0.1, 0.15) is 0 Å². The molecule has 5 heteroatoms. The molecule has 0 saturated heterocycles. The second kappa shape index (κ2) is 5.98. The molecule has 0 aliphatic heterocycles. The van der Waals surface area contributed by atoms with Crippen LogP contribution >= 0.6 is 0 Å². The van der Waals surface area contributed by atoms with Gasteiger partial charge in [0.05, 0.1) is 25.9 Å². The van der Waals surface area contributed by atoms with Crippen molar-refractivity contribution in [1.29, 1.82) is 0 Å². The van der Waals surface area contributed by atoms with E-state index in [0.717, 1.165) is 0 Å². The SMILES string of the molecule is CCOc1cc(C(=O)O)cc(OCC)c1OC. The summed E-state index contributed by atoms with van der Waals surface area (Å²) < 4.78 is 15.8. The number of rotatable bonds is 6. The molecule has 94 valence electrons. The molecular weight excluding hydrogens is 224 g/mol. The number of carbonyl (C=O) groups is 1. The van der Waals surface area contributed by atoms with Crippen molar-refractivity contribution in [3.8, 4) is 17.2 Å². The number of methoxy groups -OCH3 is 1. The lowest BCUT2D eigenvalue weighted by Crippen LogP contribution is -2.04. The van der Waals surface area contributed by atoms with Crippen LogP contribution in [-0.4, -0.2) is 31.4 Å². The number of hydrogen-bond acceptors (Lipinski definition) is 4. The predicted octanol–water partition coefficient (Wildman–Crippen LogP) is 2.19. The van der Waals surface area contributed by atoms with E-state index in [1.807, 2.05) is 13.8 Å². The molecular formula is C12H16O5. The molecule has 0 aliphatic rings. The molecule has 1 rings (SSSR count). The summed E-state index contributed by atoms with van der Waals surface area (Å²) in [6, 6.07) is 2.85. The summed E-state index contributed by atoms with van der Waals surface area (Å²) in [4.78, 5) is 11.0. The van der Waals surface area contributed by atoms with Crippen LogP contribution in [0.5, 0.6) is 17.2 Å². The first-order valence-electron chi connectivity index (χ1n) is 5.34. The molecule has 1 aromatic rings. The van der Waals surface area contributed by atoms with Crippen molar-refractivity contribution in [3.63, 3.8) is 0 Å². The van der Waals surface area contributed by atoms with E-state index in [1.165, 1.54) is 19.2 Å². The zero-order valence-corrected chi connectivity index (χ0v) is 10.1. The van der Waals surface area contributed by atoms with Gasteiger partial charge >= 0.3 is 5.97 Å². The Morgan fingerprint density at radius 2 is 1.65 bits per heavy atom. The molecule has 0 aliphatic carbocycles. The van der Waals surface area contributed by atoms with Crippen molar-refractivity contribution < 1.29 is 24.1 Å². The van der Waals surface area contributed by atoms with E-state index in [1.54, 1.807) is 0 Å². The zero-order chi connectivity index (χ0) is 12.8. The van der Waals surface area contributed by atoms with Gasteiger partial charge in [0.15, 0.2) is 11.5 Å². The fourth-order valence-electron chi connectivity index (χ4n) is 1.43. The minimum Gasteiger partial charge on any atom is -0.490 e. The molecule has 5 nitrogen and oxygen atoms in total. The van der Waals surface area contributed by atoms with Crippen LogP contribution < -0.4 is 14.2 Å². The van der Waals surface area contributed by atoms with Crippen LogP contribution in [-0.2, 0) is 0 Å². The lowest BCUT2D eigenvalue weighted by molar-refractivity contribution is 0.0695. The average molecular weight is 240 g/mol. The van der Waals surface area contributed by atoms with Gasteiger partial charge in [-0.25, -0.2) is 4.79 Å². The van der Waals surface area contributed by atoms with Crippen molar-refractivity contribution in [2.45, 2.75) is 13.8 Å². The lowest BCUT2D eigenvalue weighted by atomic mass is 10.2. The maximum Gasteiger partial charge on any atom is 0.335 e. The Morgan fingerprint density at radius 3 is 1.94 bits per heavy atom. The van der Waals surface area contributed by atoms with Gasteiger partial charge in [-0.15, -0.1) is 0 Å². The molecule has 17 heavy (non-hydrogen) atoms. The number of ether oxygens (including phenoxy) is 3. The molecule has 0 heterocycles. The Balaban J connectivity index is 3.28. The molecule has 0 fully saturated rings. The highest BCUT2D eigenvalue weighted by Gasteiger charge is 2.16. The standard InChI is InChI=1S/C12H16O5/c1-4-16-9-6-8(12(13)14)7-10(17-5-2)11(9)15-3/h6-7H,4-5H2,1-3H3,(H,13,14). The van der Waals surface area contributed by atoms with Crippen LogP contribution in [0.3, 0.4) is 0 Å². The summed E-state index contributed by atoms with van der Waals surface area (Å²) >= 11 is 0. The van der Waals surface area contributed by atoms with E-state index in [9.17, 15) is 4.79 Å². The van der Waals surface area contributed by atoms with Crippen molar-refractivity contribution in [2.75, 3.05) is 20.3 Å². The second-order valence-corrected chi connectivity index (χ2v) is 3.18. The van der Waals surface area contributed by atoms with Gasteiger partial charge in [-0.2, -0.15) is 0 Å². The highest BCUT2D eigenvalue weighted by molar-refractivity contribution is 5.89. The smallest absolute Gasteiger partial charge is 0.335 e. The predicted molar refractivity (Wildman–Crippen MR) is 62.3 cm³/mol. The van der Waals surface area contributed by atoms with Crippen molar-refractivity contribution in [2.24, 2.45) is 0 Å². The first-order chi connectivity index (χ1) is 8.13. The molecule has 0 amide bonds. The molecule has 0 aromatic heterocycles. The molecule has 1 aromatic carbocycles. The Hall–Kier alpha value is -1.91. The van der Waals surface area contributed by atoms with Gasteiger partial charge in [0, 0.05) is 0 Å². The Kier molecular flexibility index (Phi) is 4.63. The van der Waals surface area contributed by atoms with Crippen LogP contribution in [0.4, 0.5) is 0 Å². The van der Waals surface area contributed by atoms with Gasteiger partial charge in [0.25, 0.3) is 0 Å². The summed E-state index contributed by atoms with van der Waals surface area (Å²) in [6.45, 7) is 4.47. The van der Waals surface area contributed by atoms with Crippen LogP contribution in [0.1, 0.15) is 24.2 Å². The third kappa shape index (κ3) is 3.03. The number of hydrogen-bond donors (Lipinski definition) is 1. The summed E-state index contributed by atoms with van der Waals surface area (Å²) in [5, 5.41) is 8.98. The monoisotopic (exact) mass is 240 g/mol. The van der Waals surface area contributed by atoms with Gasteiger partial charge in [0.2, 0.25) is 5.75 Å². The highest BCUT2D eigenvalue weighted by atomic mass is 16.5. The maximum atomic E-state index is 11.0. The van der Waals surface area contributed by atoms with Crippen molar-refractivity contribution in [1.82, 2.24) is 0 Å². The van der Waals surface area contributed by atoms with E-state index in [4.69, 9.17) is 19.3 Å². The van der Waals surface area contributed by atoms with Crippen LogP contribution in [0, 0.1) is 0 Å². The van der Waals surface area contributed by atoms with Gasteiger partial charge < -0.3 is 19.3 Å². The molecule has 0 atom stereocenters. The van der Waals surface area contributed by atoms with Gasteiger partial charge in [-0.05, 0) is 26.0 Å². The number of carboxylic acids is 1. The first kappa shape index (κ1) is 13.2. The van der Waals surface area contributed by atoms with Crippen molar-refractivity contribution in [3.05, 3.63) is 17.7 Å². The minimum atomic E-state index is -1.03. The number of aromatic carboxylic acids is 1. The minimum absolute atomic E-state index is 0.109. The third-order valence-electron chi connectivity index (χ3n) is 2.07. The van der Waals surface area contributed by atoms with E-state index in [2.05, 4.69) is 0 Å². The number of benzene rings is 1. The molecule has 0 spiro atoms. The Bertz CT molecular complexity index is 373. The lowest BCUT2D eigenvalue weighted by Gasteiger charge is -2.14. The third-order valence-corrected chi connectivity index (χ3v) is 2.07. The van der Waals surface area contributed by atoms with Crippen molar-refractivity contribution >= 4 is 5.97 Å². The summed E-state index contributed by atoms with van der Waals surface area (Å²) in [5.74, 6) is 0.130. The Morgan fingerprint density at radius 1 is 1.18 bits per heavy atom. The normalized spacial score (nSPS) is 9.82. The highest BCUT2D eigenvalue weighted by Crippen LogP contribution is 2.38.